The summed E-state index contributed by atoms with van der Waals surface area (Å²) in [4.78, 5) is 26.0. The molecule has 1 atom stereocenters. The number of carbonyl (C=O) groups excluding carboxylic acids is 2. The molecule has 0 radical (unpaired) electrons. The summed E-state index contributed by atoms with van der Waals surface area (Å²) in [7, 11) is 0. The molecule has 1 fully saturated rings. The maximum atomic E-state index is 12.4. The third-order valence-electron chi connectivity index (χ3n) is 4.53. The first-order chi connectivity index (χ1) is 11.5. The highest BCUT2D eigenvalue weighted by Crippen LogP contribution is 2.15. The van der Waals surface area contributed by atoms with Crippen molar-refractivity contribution < 1.29 is 9.59 Å². The smallest absolute Gasteiger partial charge is 0.251 e. The molecule has 1 aliphatic rings. The van der Waals surface area contributed by atoms with Crippen LogP contribution in [0.4, 0.5) is 0 Å². The molecule has 0 aromatic heterocycles. The van der Waals surface area contributed by atoms with E-state index >= 15 is 0 Å². The first-order valence-corrected chi connectivity index (χ1v) is 9.13. The number of rotatable bonds is 8. The zero-order chi connectivity index (χ0) is 17.5. The summed E-state index contributed by atoms with van der Waals surface area (Å²) in [5, 5.41) is 3.08. The monoisotopic (exact) mass is 330 g/mol. The number of likely N-dealkylation sites (tertiary alicyclic amines) is 1. The summed E-state index contributed by atoms with van der Waals surface area (Å²) < 4.78 is 0. The number of hydrogen-bond acceptors (Lipinski definition) is 2. The van der Waals surface area contributed by atoms with Crippen LogP contribution in [-0.2, 0) is 11.3 Å². The van der Waals surface area contributed by atoms with Crippen LogP contribution in [0.25, 0.3) is 0 Å². The summed E-state index contributed by atoms with van der Waals surface area (Å²) in [6.45, 7) is 7.93. The van der Waals surface area contributed by atoms with Gasteiger partial charge >= 0.3 is 0 Å². The van der Waals surface area contributed by atoms with Crippen molar-refractivity contribution in [3.63, 3.8) is 0 Å². The summed E-state index contributed by atoms with van der Waals surface area (Å²) in [5.41, 5.74) is 1.69. The van der Waals surface area contributed by atoms with Gasteiger partial charge in [0, 0.05) is 31.1 Å². The van der Waals surface area contributed by atoms with Crippen LogP contribution in [0.3, 0.4) is 0 Å². The van der Waals surface area contributed by atoms with E-state index in [4.69, 9.17) is 0 Å². The molecule has 1 aromatic carbocycles. The zero-order valence-electron chi connectivity index (χ0n) is 15.2. The lowest BCUT2D eigenvalue weighted by atomic mass is 10.0. The van der Waals surface area contributed by atoms with Crippen molar-refractivity contribution in [2.24, 2.45) is 5.92 Å². The van der Waals surface area contributed by atoms with E-state index in [1.54, 1.807) is 0 Å². The van der Waals surface area contributed by atoms with Crippen LogP contribution in [-0.4, -0.2) is 29.3 Å². The predicted molar refractivity (Wildman–Crippen MR) is 96.7 cm³/mol. The Hall–Kier alpha value is -1.84. The number of nitrogens with zero attached hydrogens (tertiary/aromatic N) is 1. The molecule has 4 heteroatoms. The Labute approximate surface area is 145 Å². The van der Waals surface area contributed by atoms with Crippen LogP contribution >= 0.6 is 0 Å². The largest absolute Gasteiger partial charge is 0.350 e. The average molecular weight is 330 g/mol. The van der Waals surface area contributed by atoms with Crippen molar-refractivity contribution in [1.82, 2.24) is 10.2 Å². The number of carbonyl (C=O) groups is 2. The van der Waals surface area contributed by atoms with Crippen molar-refractivity contribution in [2.45, 2.75) is 65.5 Å². The van der Waals surface area contributed by atoms with Crippen LogP contribution in [0.2, 0.25) is 0 Å². The van der Waals surface area contributed by atoms with Crippen LogP contribution in [0, 0.1) is 5.92 Å². The highest BCUT2D eigenvalue weighted by Gasteiger charge is 2.20. The van der Waals surface area contributed by atoms with Crippen molar-refractivity contribution >= 4 is 11.8 Å². The molecular formula is C20H30N2O2. The molecule has 0 bridgehead atoms. The van der Waals surface area contributed by atoms with E-state index in [1.165, 1.54) is 6.42 Å². The van der Waals surface area contributed by atoms with E-state index in [9.17, 15) is 9.59 Å². The van der Waals surface area contributed by atoms with E-state index in [0.717, 1.165) is 31.4 Å². The zero-order valence-corrected chi connectivity index (χ0v) is 15.2. The van der Waals surface area contributed by atoms with Gasteiger partial charge in [0.05, 0.1) is 0 Å². The Morgan fingerprint density at radius 1 is 1.25 bits per heavy atom. The number of benzene rings is 1. The van der Waals surface area contributed by atoms with E-state index in [-0.39, 0.29) is 17.9 Å². The first kappa shape index (κ1) is 18.5. The normalized spacial score (nSPS) is 15.8. The fourth-order valence-electron chi connectivity index (χ4n) is 3.11. The van der Waals surface area contributed by atoms with Crippen molar-refractivity contribution in [3.05, 3.63) is 35.4 Å². The molecule has 0 saturated carbocycles. The molecule has 1 aliphatic heterocycles. The van der Waals surface area contributed by atoms with Gasteiger partial charge in [0.25, 0.3) is 5.91 Å². The van der Waals surface area contributed by atoms with Crippen molar-refractivity contribution in [1.29, 1.82) is 0 Å². The van der Waals surface area contributed by atoms with Gasteiger partial charge in [-0.15, -0.1) is 0 Å². The summed E-state index contributed by atoms with van der Waals surface area (Å²) in [5.74, 6) is 0.892. The topological polar surface area (TPSA) is 49.4 Å². The average Bonchev–Trinajstić information content (AvgIpc) is 2.92. The van der Waals surface area contributed by atoms with Crippen LogP contribution in [0.15, 0.2) is 24.3 Å². The minimum absolute atomic E-state index is 0.0263. The molecule has 1 aromatic rings. The van der Waals surface area contributed by atoms with Gasteiger partial charge in [-0.1, -0.05) is 38.8 Å². The SMILES string of the molecule is CC(C)CCCC(C)NC(=O)c1cccc(CN2CCCC2=O)c1. The fraction of sp³-hybridized carbons (Fsp3) is 0.600. The number of nitrogens with one attached hydrogen (secondary N) is 1. The van der Waals surface area contributed by atoms with E-state index in [0.29, 0.717) is 24.4 Å². The van der Waals surface area contributed by atoms with Gasteiger partial charge in [-0.05, 0) is 43.4 Å². The third kappa shape index (κ3) is 5.66. The van der Waals surface area contributed by atoms with Gasteiger partial charge in [-0.25, -0.2) is 0 Å². The molecule has 0 spiro atoms. The fourth-order valence-corrected chi connectivity index (χ4v) is 3.11. The minimum Gasteiger partial charge on any atom is -0.350 e. The summed E-state index contributed by atoms with van der Waals surface area (Å²) in [6.07, 6.45) is 4.92. The second kappa shape index (κ2) is 8.86. The molecule has 0 aliphatic carbocycles. The lowest BCUT2D eigenvalue weighted by Crippen LogP contribution is -2.32. The molecule has 1 N–H and O–H groups in total. The molecule has 24 heavy (non-hydrogen) atoms. The van der Waals surface area contributed by atoms with Crippen molar-refractivity contribution in [3.8, 4) is 0 Å². The summed E-state index contributed by atoms with van der Waals surface area (Å²) >= 11 is 0. The molecule has 4 nitrogen and oxygen atoms in total. The molecule has 1 heterocycles. The molecule has 1 saturated heterocycles. The molecule has 1 unspecified atom stereocenters. The van der Waals surface area contributed by atoms with E-state index in [2.05, 4.69) is 26.1 Å². The Balaban J connectivity index is 1.87. The third-order valence-corrected chi connectivity index (χ3v) is 4.53. The summed E-state index contributed by atoms with van der Waals surface area (Å²) in [6, 6.07) is 7.80. The second-order valence-corrected chi connectivity index (χ2v) is 7.32. The van der Waals surface area contributed by atoms with Crippen LogP contribution in [0.5, 0.6) is 0 Å². The highest BCUT2D eigenvalue weighted by atomic mass is 16.2. The van der Waals surface area contributed by atoms with Crippen molar-refractivity contribution in [2.75, 3.05) is 6.54 Å². The van der Waals surface area contributed by atoms with Gasteiger partial charge in [-0.2, -0.15) is 0 Å². The van der Waals surface area contributed by atoms with E-state index < -0.39 is 0 Å². The van der Waals surface area contributed by atoms with Gasteiger partial charge < -0.3 is 10.2 Å². The van der Waals surface area contributed by atoms with Gasteiger partial charge in [0.1, 0.15) is 0 Å². The Morgan fingerprint density at radius 3 is 2.71 bits per heavy atom. The first-order valence-electron chi connectivity index (χ1n) is 9.13. The lowest BCUT2D eigenvalue weighted by Gasteiger charge is -2.17. The van der Waals surface area contributed by atoms with Gasteiger partial charge in [0.2, 0.25) is 5.91 Å². The Kier molecular flexibility index (Phi) is 6.83. The molecule has 132 valence electrons. The molecular weight excluding hydrogens is 300 g/mol. The Bertz CT molecular complexity index is 569. The van der Waals surface area contributed by atoms with Gasteiger partial charge in [-0.3, -0.25) is 9.59 Å². The maximum Gasteiger partial charge on any atom is 0.251 e. The minimum atomic E-state index is -0.0263. The molecule has 2 amide bonds. The van der Waals surface area contributed by atoms with Gasteiger partial charge in [0.15, 0.2) is 0 Å². The van der Waals surface area contributed by atoms with Crippen LogP contribution in [0.1, 0.15) is 68.8 Å². The van der Waals surface area contributed by atoms with E-state index in [1.807, 2.05) is 29.2 Å². The van der Waals surface area contributed by atoms with Crippen LogP contribution < -0.4 is 5.32 Å². The molecule has 2 rings (SSSR count). The second-order valence-electron chi connectivity index (χ2n) is 7.32. The highest BCUT2D eigenvalue weighted by molar-refractivity contribution is 5.94. The lowest BCUT2D eigenvalue weighted by molar-refractivity contribution is -0.128. The quantitative estimate of drug-likeness (QED) is 0.789. The Morgan fingerprint density at radius 2 is 2.04 bits per heavy atom. The number of hydrogen-bond donors (Lipinski definition) is 1. The predicted octanol–water partition coefficient (Wildman–Crippen LogP) is 3.75. The maximum absolute atomic E-state index is 12.4. The standard InChI is InChI=1S/C20H30N2O2/c1-15(2)7-4-8-16(3)21-20(24)18-10-5-9-17(13-18)14-22-12-6-11-19(22)23/h5,9-10,13,15-16H,4,6-8,11-12,14H2,1-3H3,(H,21,24). The number of amides is 2.